The number of piperazine rings is 1. The number of carbonyl (C=O) groups excluding carboxylic acids is 1. The number of benzene rings is 2. The van der Waals surface area contributed by atoms with E-state index in [0.717, 1.165) is 50.6 Å². The molecule has 0 aliphatic carbocycles. The normalized spacial score (nSPS) is 20.0. The molecule has 2 aromatic rings. The number of para-hydroxylation sites is 1. The summed E-state index contributed by atoms with van der Waals surface area (Å²) < 4.78 is 5.52. The van der Waals surface area contributed by atoms with E-state index in [1.165, 1.54) is 16.7 Å². The standard InChI is InChI=1S/C24H31N3O2/c1-18-8-9-23(29-3)21(14-18)16-25-10-12-26(13-11-25)17-24(28)27-19(2)15-20-6-4-5-7-22(20)27/h4-9,14,19H,10-13,15-17H2,1-3H3/t19-/m0/s1. The summed E-state index contributed by atoms with van der Waals surface area (Å²) >= 11 is 0. The first kappa shape index (κ1) is 19.9. The van der Waals surface area contributed by atoms with E-state index in [2.05, 4.69) is 60.0 Å². The molecule has 5 heteroatoms. The summed E-state index contributed by atoms with van der Waals surface area (Å²) in [5.74, 6) is 1.17. The lowest BCUT2D eigenvalue weighted by Crippen LogP contribution is -2.50. The molecule has 1 amide bonds. The van der Waals surface area contributed by atoms with Crippen molar-refractivity contribution in [2.75, 3.05) is 44.7 Å². The van der Waals surface area contributed by atoms with Gasteiger partial charge in [-0.25, -0.2) is 0 Å². The highest BCUT2D eigenvalue weighted by molar-refractivity contribution is 5.97. The summed E-state index contributed by atoms with van der Waals surface area (Å²) in [5.41, 5.74) is 4.87. The van der Waals surface area contributed by atoms with Crippen LogP contribution in [-0.4, -0.2) is 61.6 Å². The molecule has 0 N–H and O–H groups in total. The summed E-state index contributed by atoms with van der Waals surface area (Å²) in [6.07, 6.45) is 0.952. The van der Waals surface area contributed by atoms with E-state index in [1.54, 1.807) is 7.11 Å². The molecule has 0 saturated carbocycles. The number of nitrogens with zero attached hydrogens (tertiary/aromatic N) is 3. The number of amides is 1. The molecule has 0 radical (unpaired) electrons. The zero-order chi connectivity index (χ0) is 20.4. The number of fused-ring (bicyclic) bond motifs is 1. The Morgan fingerprint density at radius 3 is 2.55 bits per heavy atom. The van der Waals surface area contributed by atoms with Gasteiger partial charge in [-0.1, -0.05) is 35.9 Å². The molecule has 0 spiro atoms. The van der Waals surface area contributed by atoms with Gasteiger partial charge in [0.15, 0.2) is 0 Å². The number of hydrogen-bond donors (Lipinski definition) is 0. The maximum Gasteiger partial charge on any atom is 0.241 e. The Bertz CT molecular complexity index is 874. The Labute approximate surface area is 173 Å². The van der Waals surface area contributed by atoms with Gasteiger partial charge in [0, 0.05) is 50.0 Å². The number of methoxy groups -OCH3 is 1. The lowest BCUT2D eigenvalue weighted by Gasteiger charge is -2.35. The smallest absolute Gasteiger partial charge is 0.241 e. The maximum absolute atomic E-state index is 13.0. The van der Waals surface area contributed by atoms with Crippen molar-refractivity contribution >= 4 is 11.6 Å². The van der Waals surface area contributed by atoms with Gasteiger partial charge >= 0.3 is 0 Å². The number of ether oxygens (including phenoxy) is 1. The topological polar surface area (TPSA) is 36.0 Å². The van der Waals surface area contributed by atoms with Crippen molar-refractivity contribution in [1.29, 1.82) is 0 Å². The van der Waals surface area contributed by atoms with Gasteiger partial charge in [-0.05, 0) is 38.0 Å². The summed E-state index contributed by atoms with van der Waals surface area (Å²) in [4.78, 5) is 19.8. The minimum absolute atomic E-state index is 0.219. The number of hydrogen-bond acceptors (Lipinski definition) is 4. The molecule has 0 bridgehead atoms. The molecule has 0 aromatic heterocycles. The summed E-state index contributed by atoms with van der Waals surface area (Å²) in [6, 6.07) is 14.9. The fourth-order valence-corrected chi connectivity index (χ4v) is 4.59. The van der Waals surface area contributed by atoms with Crippen LogP contribution >= 0.6 is 0 Å². The van der Waals surface area contributed by atoms with Crippen LogP contribution in [0, 0.1) is 6.92 Å². The predicted molar refractivity (Wildman–Crippen MR) is 117 cm³/mol. The average Bonchev–Trinajstić information content (AvgIpc) is 3.05. The van der Waals surface area contributed by atoms with Gasteiger partial charge in [0.1, 0.15) is 5.75 Å². The van der Waals surface area contributed by atoms with Gasteiger partial charge in [0.25, 0.3) is 0 Å². The lowest BCUT2D eigenvalue weighted by atomic mass is 10.1. The van der Waals surface area contributed by atoms with Gasteiger partial charge in [-0.3, -0.25) is 14.6 Å². The molecule has 1 saturated heterocycles. The highest BCUT2D eigenvalue weighted by Crippen LogP contribution is 2.32. The minimum atomic E-state index is 0.219. The molecule has 1 atom stereocenters. The molecule has 1 fully saturated rings. The number of rotatable bonds is 5. The SMILES string of the molecule is COc1ccc(C)cc1CN1CCN(CC(=O)N2c3ccccc3C[C@@H]2C)CC1. The van der Waals surface area contributed by atoms with Crippen molar-refractivity contribution in [1.82, 2.24) is 9.80 Å². The molecule has 2 aliphatic rings. The number of carbonyl (C=O) groups is 1. The highest BCUT2D eigenvalue weighted by atomic mass is 16.5. The van der Waals surface area contributed by atoms with Crippen molar-refractivity contribution in [3.63, 3.8) is 0 Å². The third-order valence-corrected chi connectivity index (χ3v) is 6.13. The van der Waals surface area contributed by atoms with Gasteiger partial charge in [-0.15, -0.1) is 0 Å². The molecular weight excluding hydrogens is 362 g/mol. The minimum Gasteiger partial charge on any atom is -0.496 e. The Kier molecular flexibility index (Phi) is 5.88. The predicted octanol–water partition coefficient (Wildman–Crippen LogP) is 3.10. The van der Waals surface area contributed by atoms with Crippen molar-refractivity contribution < 1.29 is 9.53 Å². The number of anilines is 1. The zero-order valence-electron chi connectivity index (χ0n) is 17.7. The summed E-state index contributed by atoms with van der Waals surface area (Å²) in [5, 5.41) is 0. The van der Waals surface area contributed by atoms with E-state index in [4.69, 9.17) is 4.74 Å². The van der Waals surface area contributed by atoms with Crippen LogP contribution in [0.5, 0.6) is 5.75 Å². The molecule has 5 nitrogen and oxygen atoms in total. The van der Waals surface area contributed by atoms with Gasteiger partial charge in [-0.2, -0.15) is 0 Å². The molecule has 0 unspecified atom stereocenters. The van der Waals surface area contributed by atoms with Crippen molar-refractivity contribution in [2.24, 2.45) is 0 Å². The van der Waals surface area contributed by atoms with Gasteiger partial charge < -0.3 is 9.64 Å². The second kappa shape index (κ2) is 8.56. The monoisotopic (exact) mass is 393 g/mol. The molecule has 154 valence electrons. The van der Waals surface area contributed by atoms with Gasteiger partial charge in [0.05, 0.1) is 13.7 Å². The van der Waals surface area contributed by atoms with E-state index >= 15 is 0 Å². The van der Waals surface area contributed by atoms with Crippen LogP contribution in [-0.2, 0) is 17.8 Å². The molecule has 29 heavy (non-hydrogen) atoms. The first-order chi connectivity index (χ1) is 14.0. The van der Waals surface area contributed by atoms with Crippen LogP contribution in [0.15, 0.2) is 42.5 Å². The van der Waals surface area contributed by atoms with Crippen LogP contribution in [0.25, 0.3) is 0 Å². The first-order valence-electron chi connectivity index (χ1n) is 10.5. The van der Waals surface area contributed by atoms with Crippen LogP contribution in [0.2, 0.25) is 0 Å². The van der Waals surface area contributed by atoms with Crippen LogP contribution in [0.1, 0.15) is 23.6 Å². The van der Waals surface area contributed by atoms with Crippen molar-refractivity contribution in [3.8, 4) is 5.75 Å². The van der Waals surface area contributed by atoms with Crippen LogP contribution < -0.4 is 9.64 Å². The van der Waals surface area contributed by atoms with E-state index in [1.807, 2.05) is 11.0 Å². The maximum atomic E-state index is 13.0. The second-order valence-electron chi connectivity index (χ2n) is 8.31. The summed E-state index contributed by atoms with van der Waals surface area (Å²) in [6.45, 7) is 9.43. The van der Waals surface area contributed by atoms with E-state index in [0.29, 0.717) is 6.54 Å². The van der Waals surface area contributed by atoms with E-state index in [9.17, 15) is 4.79 Å². The third-order valence-electron chi connectivity index (χ3n) is 6.13. The molecule has 4 rings (SSSR count). The Hall–Kier alpha value is -2.37. The van der Waals surface area contributed by atoms with Crippen molar-refractivity contribution in [2.45, 2.75) is 32.9 Å². The largest absolute Gasteiger partial charge is 0.496 e. The highest BCUT2D eigenvalue weighted by Gasteiger charge is 2.31. The fraction of sp³-hybridized carbons (Fsp3) is 0.458. The lowest BCUT2D eigenvalue weighted by molar-refractivity contribution is -0.120. The summed E-state index contributed by atoms with van der Waals surface area (Å²) in [7, 11) is 1.73. The van der Waals surface area contributed by atoms with Crippen molar-refractivity contribution in [3.05, 3.63) is 59.2 Å². The molecular formula is C24H31N3O2. The van der Waals surface area contributed by atoms with Crippen LogP contribution in [0.3, 0.4) is 0 Å². The Morgan fingerprint density at radius 1 is 1.07 bits per heavy atom. The molecule has 2 aliphatic heterocycles. The Morgan fingerprint density at radius 2 is 1.79 bits per heavy atom. The quantitative estimate of drug-likeness (QED) is 0.782. The van der Waals surface area contributed by atoms with Gasteiger partial charge in [0.2, 0.25) is 5.91 Å². The third kappa shape index (κ3) is 4.31. The molecule has 2 heterocycles. The van der Waals surface area contributed by atoms with E-state index < -0.39 is 0 Å². The first-order valence-corrected chi connectivity index (χ1v) is 10.5. The number of aryl methyl sites for hydroxylation is 1. The zero-order valence-corrected chi connectivity index (χ0v) is 17.7. The average molecular weight is 394 g/mol. The Balaban J connectivity index is 1.33. The molecule has 2 aromatic carbocycles. The van der Waals surface area contributed by atoms with Crippen LogP contribution in [0.4, 0.5) is 5.69 Å². The second-order valence-corrected chi connectivity index (χ2v) is 8.31. The van der Waals surface area contributed by atoms with E-state index in [-0.39, 0.29) is 11.9 Å². The fourth-order valence-electron chi connectivity index (χ4n) is 4.59.